The van der Waals surface area contributed by atoms with Crippen molar-refractivity contribution in [2.75, 3.05) is 6.61 Å². The van der Waals surface area contributed by atoms with Gasteiger partial charge in [0.1, 0.15) is 0 Å². The summed E-state index contributed by atoms with van der Waals surface area (Å²) in [6.07, 6.45) is 0. The van der Waals surface area contributed by atoms with Crippen LogP contribution in [-0.2, 0) is 4.79 Å². The second kappa shape index (κ2) is 4.05. The first-order chi connectivity index (χ1) is 6.15. The molecule has 0 aromatic heterocycles. The maximum absolute atomic E-state index is 10.9. The molecule has 0 saturated carbocycles. The van der Waals surface area contributed by atoms with Crippen molar-refractivity contribution in [1.82, 2.24) is 0 Å². The molecule has 3 nitrogen and oxygen atoms in total. The minimum Gasteiger partial charge on any atom is -0.395 e. The third kappa shape index (κ3) is 2.29. The lowest BCUT2D eigenvalue weighted by atomic mass is 9.98. The smallest absolute Gasteiger partial charge is 0.227 e. The van der Waals surface area contributed by atoms with Gasteiger partial charge in [0.15, 0.2) is 0 Å². The first-order valence-corrected chi connectivity index (χ1v) is 4.12. The van der Waals surface area contributed by atoms with E-state index in [4.69, 9.17) is 10.8 Å². The molecule has 3 N–H and O–H groups in total. The molecule has 1 aromatic rings. The van der Waals surface area contributed by atoms with Crippen molar-refractivity contribution in [2.24, 2.45) is 5.73 Å². The van der Waals surface area contributed by atoms with Crippen molar-refractivity contribution in [3.8, 4) is 0 Å². The van der Waals surface area contributed by atoms with Crippen LogP contribution >= 0.6 is 0 Å². The molecule has 1 amide bonds. The maximum Gasteiger partial charge on any atom is 0.227 e. The van der Waals surface area contributed by atoms with E-state index in [0.29, 0.717) is 0 Å². The summed E-state index contributed by atoms with van der Waals surface area (Å²) in [6, 6.07) is 7.39. The molecule has 0 radical (unpaired) electrons. The Morgan fingerprint density at radius 2 is 2.00 bits per heavy atom. The van der Waals surface area contributed by atoms with Gasteiger partial charge in [-0.2, -0.15) is 0 Å². The minimum atomic E-state index is -0.583. The number of carbonyl (C=O) groups excluding carboxylic acids is 1. The number of hydrogen-bond acceptors (Lipinski definition) is 2. The van der Waals surface area contributed by atoms with Gasteiger partial charge in [0.25, 0.3) is 0 Å². The predicted octanol–water partition coefficient (Wildman–Crippen LogP) is 0.556. The molecule has 0 bridgehead atoms. The summed E-state index contributed by atoms with van der Waals surface area (Å²) in [5.74, 6) is -1.08. The Labute approximate surface area is 77.2 Å². The van der Waals surface area contributed by atoms with Crippen LogP contribution in [0.4, 0.5) is 0 Å². The van der Waals surface area contributed by atoms with E-state index >= 15 is 0 Å². The first-order valence-electron chi connectivity index (χ1n) is 4.12. The van der Waals surface area contributed by atoms with E-state index in [0.717, 1.165) is 11.1 Å². The number of nitrogens with two attached hydrogens (primary N) is 1. The van der Waals surface area contributed by atoms with Crippen LogP contribution in [0.15, 0.2) is 24.3 Å². The molecule has 0 fully saturated rings. The van der Waals surface area contributed by atoms with Crippen LogP contribution in [0.1, 0.15) is 17.0 Å². The molecule has 0 unspecified atom stereocenters. The van der Waals surface area contributed by atoms with Gasteiger partial charge >= 0.3 is 0 Å². The fraction of sp³-hybridized carbons (Fsp3) is 0.300. The van der Waals surface area contributed by atoms with Crippen LogP contribution in [0.2, 0.25) is 0 Å². The fourth-order valence-electron chi connectivity index (χ4n) is 1.16. The van der Waals surface area contributed by atoms with Gasteiger partial charge in [-0.15, -0.1) is 0 Å². The lowest BCUT2D eigenvalue weighted by molar-refractivity contribution is -0.120. The zero-order valence-corrected chi connectivity index (χ0v) is 7.53. The van der Waals surface area contributed by atoms with E-state index in [-0.39, 0.29) is 6.61 Å². The first kappa shape index (κ1) is 9.74. The number of rotatable bonds is 3. The third-order valence-electron chi connectivity index (χ3n) is 2.01. The molecule has 0 saturated heterocycles. The molecule has 1 atom stereocenters. The monoisotopic (exact) mass is 179 g/mol. The predicted molar refractivity (Wildman–Crippen MR) is 50.2 cm³/mol. The molecule has 0 heterocycles. The second-order valence-electron chi connectivity index (χ2n) is 3.05. The molecule has 1 aromatic carbocycles. The number of aliphatic hydroxyl groups is 1. The van der Waals surface area contributed by atoms with Crippen molar-refractivity contribution in [3.05, 3.63) is 35.4 Å². The summed E-state index contributed by atoms with van der Waals surface area (Å²) >= 11 is 0. The van der Waals surface area contributed by atoms with E-state index in [1.165, 1.54) is 0 Å². The van der Waals surface area contributed by atoms with Gasteiger partial charge in [0, 0.05) is 0 Å². The highest BCUT2D eigenvalue weighted by Crippen LogP contribution is 2.15. The minimum absolute atomic E-state index is 0.238. The van der Waals surface area contributed by atoms with Crippen LogP contribution in [-0.4, -0.2) is 17.6 Å². The second-order valence-corrected chi connectivity index (χ2v) is 3.05. The molecule has 70 valence electrons. The normalized spacial score (nSPS) is 12.5. The van der Waals surface area contributed by atoms with Gasteiger partial charge in [-0.3, -0.25) is 4.79 Å². The maximum atomic E-state index is 10.9. The summed E-state index contributed by atoms with van der Waals surface area (Å²) < 4.78 is 0. The fourth-order valence-corrected chi connectivity index (χ4v) is 1.16. The van der Waals surface area contributed by atoms with Gasteiger partial charge < -0.3 is 10.8 Å². The highest BCUT2D eigenvalue weighted by molar-refractivity contribution is 5.82. The Bertz CT molecular complexity index is 292. The Morgan fingerprint density at radius 3 is 2.38 bits per heavy atom. The summed E-state index contributed by atoms with van der Waals surface area (Å²) in [5, 5.41) is 8.92. The van der Waals surface area contributed by atoms with Crippen LogP contribution in [0.3, 0.4) is 0 Å². The molecule has 13 heavy (non-hydrogen) atoms. The zero-order valence-electron chi connectivity index (χ0n) is 7.53. The van der Waals surface area contributed by atoms with Crippen LogP contribution in [0, 0.1) is 6.92 Å². The van der Waals surface area contributed by atoms with E-state index in [2.05, 4.69) is 0 Å². The summed E-state index contributed by atoms with van der Waals surface area (Å²) in [7, 11) is 0. The summed E-state index contributed by atoms with van der Waals surface area (Å²) in [6.45, 7) is 1.72. The summed E-state index contributed by atoms with van der Waals surface area (Å²) in [5.41, 5.74) is 7.00. The van der Waals surface area contributed by atoms with Crippen molar-refractivity contribution < 1.29 is 9.90 Å². The largest absolute Gasteiger partial charge is 0.395 e. The van der Waals surface area contributed by atoms with E-state index in [1.54, 1.807) is 12.1 Å². The van der Waals surface area contributed by atoms with Gasteiger partial charge in [0.2, 0.25) is 5.91 Å². The molecule has 0 aliphatic rings. The topological polar surface area (TPSA) is 63.3 Å². The standard InChI is InChI=1S/C10H13NO2/c1-7-2-4-8(5-3-7)9(6-12)10(11)13/h2-5,9,12H,6H2,1H3,(H2,11,13)/t9-/m1/s1. The SMILES string of the molecule is Cc1ccc([C@@H](CO)C(N)=O)cc1. The lowest BCUT2D eigenvalue weighted by Gasteiger charge is -2.09. The highest BCUT2D eigenvalue weighted by Gasteiger charge is 2.15. The van der Waals surface area contributed by atoms with Crippen molar-refractivity contribution >= 4 is 5.91 Å². The van der Waals surface area contributed by atoms with E-state index < -0.39 is 11.8 Å². The van der Waals surface area contributed by atoms with Crippen LogP contribution in [0.25, 0.3) is 0 Å². The molecular formula is C10H13NO2. The third-order valence-corrected chi connectivity index (χ3v) is 2.01. The Kier molecular flexibility index (Phi) is 3.03. The lowest BCUT2D eigenvalue weighted by Crippen LogP contribution is -2.24. The molecule has 0 aliphatic carbocycles. The molecule has 1 rings (SSSR count). The molecular weight excluding hydrogens is 166 g/mol. The average molecular weight is 179 g/mol. The highest BCUT2D eigenvalue weighted by atomic mass is 16.3. The van der Waals surface area contributed by atoms with Gasteiger partial charge in [-0.05, 0) is 12.5 Å². The number of aliphatic hydroxyl groups excluding tert-OH is 1. The van der Waals surface area contributed by atoms with Gasteiger partial charge in [-0.1, -0.05) is 29.8 Å². The van der Waals surface area contributed by atoms with Crippen molar-refractivity contribution in [2.45, 2.75) is 12.8 Å². The number of benzene rings is 1. The van der Waals surface area contributed by atoms with Crippen LogP contribution < -0.4 is 5.73 Å². The van der Waals surface area contributed by atoms with E-state index in [9.17, 15) is 4.79 Å². The van der Waals surface area contributed by atoms with Gasteiger partial charge in [-0.25, -0.2) is 0 Å². The summed E-state index contributed by atoms with van der Waals surface area (Å²) in [4.78, 5) is 10.9. The number of hydrogen-bond donors (Lipinski definition) is 2. The van der Waals surface area contributed by atoms with Crippen LogP contribution in [0.5, 0.6) is 0 Å². The molecule has 0 spiro atoms. The van der Waals surface area contributed by atoms with Gasteiger partial charge in [0.05, 0.1) is 12.5 Å². The Balaban J connectivity index is 2.92. The number of carbonyl (C=O) groups is 1. The average Bonchev–Trinajstić information content (AvgIpc) is 2.09. The Hall–Kier alpha value is -1.35. The van der Waals surface area contributed by atoms with Crippen molar-refractivity contribution in [3.63, 3.8) is 0 Å². The number of amides is 1. The van der Waals surface area contributed by atoms with E-state index in [1.807, 2.05) is 19.1 Å². The quantitative estimate of drug-likeness (QED) is 0.712. The number of aryl methyl sites for hydroxylation is 1. The zero-order chi connectivity index (χ0) is 9.84. The Morgan fingerprint density at radius 1 is 1.46 bits per heavy atom. The molecule has 0 aliphatic heterocycles. The number of primary amides is 1. The van der Waals surface area contributed by atoms with Crippen molar-refractivity contribution in [1.29, 1.82) is 0 Å². The molecule has 3 heteroatoms.